The fourth-order valence-corrected chi connectivity index (χ4v) is 1.49. The highest BCUT2D eigenvalue weighted by molar-refractivity contribution is 6.43. The van der Waals surface area contributed by atoms with E-state index in [0.29, 0.717) is 0 Å². The Labute approximate surface area is 107 Å². The molecule has 7 heteroatoms. The van der Waals surface area contributed by atoms with Gasteiger partial charge in [0.05, 0.1) is 22.2 Å². The Morgan fingerprint density at radius 1 is 1.35 bits per heavy atom. The van der Waals surface area contributed by atoms with Gasteiger partial charge in [-0.25, -0.2) is 4.79 Å². The summed E-state index contributed by atoms with van der Waals surface area (Å²) in [7, 11) is 0. The summed E-state index contributed by atoms with van der Waals surface area (Å²) >= 11 is 11.5. The smallest absolute Gasteiger partial charge is 0.328 e. The number of rotatable bonds is 4. The van der Waals surface area contributed by atoms with Crippen molar-refractivity contribution in [2.45, 2.75) is 6.04 Å². The monoisotopic (exact) mass is 277 g/mol. The van der Waals surface area contributed by atoms with E-state index >= 15 is 0 Å². The summed E-state index contributed by atoms with van der Waals surface area (Å²) in [5.74, 6) is -2.04. The minimum Gasteiger partial charge on any atom is -0.480 e. The maximum absolute atomic E-state index is 11.7. The number of aliphatic carboxylic acids is 1. The molecule has 0 aliphatic heterocycles. The number of carbonyl (C=O) groups is 2. The van der Waals surface area contributed by atoms with E-state index in [0.717, 1.165) is 0 Å². The summed E-state index contributed by atoms with van der Waals surface area (Å²) in [5.41, 5.74) is 0.0545. The van der Waals surface area contributed by atoms with Gasteiger partial charge in [-0.2, -0.15) is 0 Å². The maximum atomic E-state index is 11.7. The molecule has 0 aliphatic carbocycles. The third kappa shape index (κ3) is 3.33. The average molecular weight is 278 g/mol. The van der Waals surface area contributed by atoms with E-state index < -0.39 is 24.5 Å². The molecule has 0 bridgehead atoms. The number of amides is 1. The zero-order valence-corrected chi connectivity index (χ0v) is 10.00. The number of carboxylic acids is 1. The molecule has 1 aromatic rings. The van der Waals surface area contributed by atoms with Crippen LogP contribution >= 0.6 is 23.2 Å². The SMILES string of the molecule is O=C(N[C@H](CO)C(=O)O)c1cccc(Cl)c1Cl. The Bertz CT molecular complexity index is 450. The van der Waals surface area contributed by atoms with E-state index in [1.165, 1.54) is 18.2 Å². The van der Waals surface area contributed by atoms with Crippen molar-refractivity contribution in [3.05, 3.63) is 33.8 Å². The first-order valence-electron chi connectivity index (χ1n) is 4.56. The molecule has 1 atom stereocenters. The molecule has 92 valence electrons. The molecule has 17 heavy (non-hydrogen) atoms. The molecular formula is C10H9Cl2NO4. The first kappa shape index (κ1) is 13.8. The van der Waals surface area contributed by atoms with Crippen molar-refractivity contribution < 1.29 is 19.8 Å². The van der Waals surface area contributed by atoms with Crippen LogP contribution in [-0.4, -0.2) is 34.7 Å². The van der Waals surface area contributed by atoms with Crippen LogP contribution in [0.15, 0.2) is 18.2 Å². The van der Waals surface area contributed by atoms with E-state index in [1.807, 2.05) is 0 Å². The molecule has 0 radical (unpaired) electrons. The van der Waals surface area contributed by atoms with E-state index in [2.05, 4.69) is 5.32 Å². The average Bonchev–Trinajstić information content (AvgIpc) is 2.28. The lowest BCUT2D eigenvalue weighted by atomic mass is 10.2. The predicted molar refractivity (Wildman–Crippen MR) is 62.4 cm³/mol. The van der Waals surface area contributed by atoms with E-state index in [1.54, 1.807) is 0 Å². The Kier molecular flexibility index (Phi) is 4.74. The summed E-state index contributed by atoms with van der Waals surface area (Å²) in [4.78, 5) is 22.3. The van der Waals surface area contributed by atoms with Gasteiger partial charge in [0.25, 0.3) is 5.91 Å². The van der Waals surface area contributed by atoms with Gasteiger partial charge in [0, 0.05) is 0 Å². The predicted octanol–water partition coefficient (Wildman–Crippen LogP) is 1.17. The fourth-order valence-electron chi connectivity index (χ4n) is 1.10. The Balaban J connectivity index is 2.90. The summed E-state index contributed by atoms with van der Waals surface area (Å²) < 4.78 is 0. The second-order valence-corrected chi connectivity index (χ2v) is 3.93. The normalized spacial score (nSPS) is 11.9. The van der Waals surface area contributed by atoms with Crippen molar-refractivity contribution in [1.29, 1.82) is 0 Å². The van der Waals surface area contributed by atoms with E-state index in [9.17, 15) is 9.59 Å². The molecule has 0 aromatic heterocycles. The van der Waals surface area contributed by atoms with Crippen LogP contribution in [0.25, 0.3) is 0 Å². The molecule has 0 heterocycles. The highest BCUT2D eigenvalue weighted by Gasteiger charge is 2.21. The van der Waals surface area contributed by atoms with Crippen LogP contribution in [-0.2, 0) is 4.79 Å². The van der Waals surface area contributed by atoms with Crippen molar-refractivity contribution in [2.75, 3.05) is 6.61 Å². The molecule has 0 fully saturated rings. The van der Waals surface area contributed by atoms with Gasteiger partial charge in [-0.05, 0) is 12.1 Å². The van der Waals surface area contributed by atoms with Crippen LogP contribution < -0.4 is 5.32 Å². The van der Waals surface area contributed by atoms with Crippen molar-refractivity contribution in [3.8, 4) is 0 Å². The third-order valence-electron chi connectivity index (χ3n) is 1.98. The zero-order chi connectivity index (χ0) is 13.0. The minimum absolute atomic E-state index is 0.0359. The molecule has 0 unspecified atom stereocenters. The topological polar surface area (TPSA) is 86.6 Å². The van der Waals surface area contributed by atoms with Gasteiger partial charge in [-0.1, -0.05) is 29.3 Å². The van der Waals surface area contributed by atoms with Gasteiger partial charge in [0.2, 0.25) is 0 Å². The summed E-state index contributed by atoms with van der Waals surface area (Å²) in [6.07, 6.45) is 0. The van der Waals surface area contributed by atoms with Gasteiger partial charge in [-0.15, -0.1) is 0 Å². The van der Waals surface area contributed by atoms with Crippen molar-refractivity contribution in [2.24, 2.45) is 0 Å². The molecule has 0 saturated heterocycles. The zero-order valence-electron chi connectivity index (χ0n) is 8.48. The van der Waals surface area contributed by atoms with E-state index in [4.69, 9.17) is 33.4 Å². The van der Waals surface area contributed by atoms with Crippen LogP contribution in [0, 0.1) is 0 Å². The van der Waals surface area contributed by atoms with Crippen LogP contribution in [0.5, 0.6) is 0 Å². The lowest BCUT2D eigenvalue weighted by molar-refractivity contribution is -0.140. The van der Waals surface area contributed by atoms with Crippen LogP contribution in [0.2, 0.25) is 10.0 Å². The lowest BCUT2D eigenvalue weighted by Gasteiger charge is -2.12. The van der Waals surface area contributed by atoms with Crippen LogP contribution in [0.3, 0.4) is 0 Å². The molecule has 5 nitrogen and oxygen atoms in total. The van der Waals surface area contributed by atoms with Gasteiger partial charge in [0.15, 0.2) is 6.04 Å². The maximum Gasteiger partial charge on any atom is 0.328 e. The van der Waals surface area contributed by atoms with E-state index in [-0.39, 0.29) is 15.6 Å². The van der Waals surface area contributed by atoms with Gasteiger partial charge in [0.1, 0.15) is 0 Å². The van der Waals surface area contributed by atoms with Crippen molar-refractivity contribution >= 4 is 35.1 Å². The standard InChI is InChI=1S/C10H9Cl2NO4/c11-6-3-1-2-5(8(6)12)9(15)13-7(4-14)10(16)17/h1-3,7,14H,4H2,(H,13,15)(H,16,17)/t7-/m1/s1. The second kappa shape index (κ2) is 5.86. The molecule has 0 aliphatic rings. The number of aliphatic hydroxyl groups excluding tert-OH is 1. The van der Waals surface area contributed by atoms with Gasteiger partial charge < -0.3 is 15.5 Å². The van der Waals surface area contributed by atoms with Crippen LogP contribution in [0.1, 0.15) is 10.4 Å². The quantitative estimate of drug-likeness (QED) is 0.771. The second-order valence-electron chi connectivity index (χ2n) is 3.15. The Morgan fingerprint density at radius 3 is 2.53 bits per heavy atom. The first-order chi connectivity index (χ1) is 7.97. The molecule has 0 spiro atoms. The number of halogens is 2. The summed E-state index contributed by atoms with van der Waals surface area (Å²) in [5, 5.41) is 19.8. The van der Waals surface area contributed by atoms with Crippen molar-refractivity contribution in [3.63, 3.8) is 0 Å². The van der Waals surface area contributed by atoms with Crippen LogP contribution in [0.4, 0.5) is 0 Å². The Hall–Kier alpha value is -1.30. The van der Waals surface area contributed by atoms with Crippen molar-refractivity contribution in [1.82, 2.24) is 5.32 Å². The molecule has 1 amide bonds. The van der Waals surface area contributed by atoms with Gasteiger partial charge in [-0.3, -0.25) is 4.79 Å². The third-order valence-corrected chi connectivity index (χ3v) is 2.80. The first-order valence-corrected chi connectivity index (χ1v) is 5.31. The van der Waals surface area contributed by atoms with Gasteiger partial charge >= 0.3 is 5.97 Å². The number of hydrogen-bond acceptors (Lipinski definition) is 3. The number of nitrogens with one attached hydrogen (secondary N) is 1. The largest absolute Gasteiger partial charge is 0.480 e. The minimum atomic E-state index is -1.38. The Morgan fingerprint density at radius 2 is 2.00 bits per heavy atom. The fraction of sp³-hybridized carbons (Fsp3) is 0.200. The molecule has 3 N–H and O–H groups in total. The lowest BCUT2D eigenvalue weighted by Crippen LogP contribution is -2.43. The number of carboxylic acid groups (broad SMARTS) is 1. The summed E-state index contributed by atoms with van der Waals surface area (Å²) in [6, 6.07) is 3.04. The number of aliphatic hydroxyl groups is 1. The molecular weight excluding hydrogens is 269 g/mol. The highest BCUT2D eigenvalue weighted by atomic mass is 35.5. The molecule has 0 saturated carbocycles. The number of benzene rings is 1. The number of hydrogen-bond donors (Lipinski definition) is 3. The highest BCUT2D eigenvalue weighted by Crippen LogP contribution is 2.25. The molecule has 1 aromatic carbocycles. The summed E-state index contributed by atoms with van der Waals surface area (Å²) in [6.45, 7) is -0.709. The molecule has 1 rings (SSSR count). The number of carbonyl (C=O) groups excluding carboxylic acids is 1.